The zero-order valence-corrected chi connectivity index (χ0v) is 15.4. The van der Waals surface area contributed by atoms with Crippen molar-refractivity contribution in [1.29, 1.82) is 0 Å². The maximum absolute atomic E-state index is 12.1. The molecule has 0 saturated heterocycles. The molecule has 0 aliphatic carbocycles. The fourth-order valence-electron chi connectivity index (χ4n) is 2.60. The zero-order chi connectivity index (χ0) is 19.5. The molecule has 0 fully saturated rings. The fraction of sp³-hybridized carbons (Fsp3) is 0.0500. The molecule has 0 spiro atoms. The summed E-state index contributed by atoms with van der Waals surface area (Å²) in [6.45, 7) is 0. The summed E-state index contributed by atoms with van der Waals surface area (Å²) in [6, 6.07) is 14.4. The average Bonchev–Trinajstić information content (AvgIpc) is 3.33. The van der Waals surface area contributed by atoms with Gasteiger partial charge in [-0.15, -0.1) is 5.10 Å². The van der Waals surface area contributed by atoms with Gasteiger partial charge >= 0.3 is 6.01 Å². The largest absolute Gasteiger partial charge is 0.493 e. The lowest BCUT2D eigenvalue weighted by Gasteiger charge is -1.98. The molecule has 7 nitrogen and oxygen atoms in total. The van der Waals surface area contributed by atoms with Crippen molar-refractivity contribution in [3.8, 4) is 17.4 Å². The van der Waals surface area contributed by atoms with E-state index in [-0.39, 0.29) is 11.9 Å². The summed E-state index contributed by atoms with van der Waals surface area (Å²) in [5.41, 5.74) is 1.30. The van der Waals surface area contributed by atoms with Crippen LogP contribution in [0.15, 0.2) is 63.4 Å². The van der Waals surface area contributed by atoms with Crippen molar-refractivity contribution in [2.45, 2.75) is 0 Å². The van der Waals surface area contributed by atoms with Crippen LogP contribution in [-0.4, -0.2) is 23.2 Å². The molecule has 4 rings (SSSR count). The number of amides is 1. The van der Waals surface area contributed by atoms with E-state index in [0.29, 0.717) is 22.1 Å². The standard InChI is InChI=1S/C20H14ClN3O4/c1-26-15-8-4-6-13-11-16(27-18(13)15)19-23-24-20(28-19)22-17(25)10-9-12-5-2-3-7-14(12)21/h2-11H,1H3,(H,22,24,25). The summed E-state index contributed by atoms with van der Waals surface area (Å²) < 4.78 is 16.5. The Balaban J connectivity index is 1.50. The van der Waals surface area contributed by atoms with Crippen molar-refractivity contribution >= 4 is 40.6 Å². The second-order valence-corrected chi connectivity index (χ2v) is 6.15. The third kappa shape index (κ3) is 3.60. The van der Waals surface area contributed by atoms with Crippen LogP contribution in [0.5, 0.6) is 5.75 Å². The van der Waals surface area contributed by atoms with Crippen LogP contribution >= 0.6 is 11.6 Å². The van der Waals surface area contributed by atoms with E-state index < -0.39 is 5.91 Å². The average molecular weight is 396 g/mol. The molecule has 0 saturated carbocycles. The lowest BCUT2D eigenvalue weighted by Crippen LogP contribution is -2.07. The van der Waals surface area contributed by atoms with Crippen LogP contribution in [-0.2, 0) is 4.79 Å². The Morgan fingerprint density at radius 2 is 2.00 bits per heavy atom. The summed E-state index contributed by atoms with van der Waals surface area (Å²) in [5, 5.41) is 11.6. The first-order valence-corrected chi connectivity index (χ1v) is 8.66. The van der Waals surface area contributed by atoms with Crippen molar-refractivity contribution in [3.63, 3.8) is 0 Å². The Morgan fingerprint density at radius 3 is 2.82 bits per heavy atom. The summed E-state index contributed by atoms with van der Waals surface area (Å²) in [4.78, 5) is 12.1. The molecule has 2 aromatic heterocycles. The second kappa shape index (κ2) is 7.58. The van der Waals surface area contributed by atoms with Gasteiger partial charge < -0.3 is 13.6 Å². The highest BCUT2D eigenvalue weighted by Crippen LogP contribution is 2.33. The predicted octanol–water partition coefficient (Wildman–Crippen LogP) is 4.80. The molecule has 1 N–H and O–H groups in total. The molecular formula is C20H14ClN3O4. The van der Waals surface area contributed by atoms with Gasteiger partial charge in [-0.3, -0.25) is 10.1 Å². The van der Waals surface area contributed by atoms with E-state index in [4.69, 9.17) is 25.2 Å². The topological polar surface area (TPSA) is 90.4 Å². The molecule has 8 heteroatoms. The summed E-state index contributed by atoms with van der Waals surface area (Å²) >= 11 is 6.05. The molecule has 1 amide bonds. The monoisotopic (exact) mass is 395 g/mol. The maximum Gasteiger partial charge on any atom is 0.322 e. The van der Waals surface area contributed by atoms with Crippen LogP contribution in [0.4, 0.5) is 6.01 Å². The van der Waals surface area contributed by atoms with Gasteiger partial charge in [-0.1, -0.05) is 47.0 Å². The van der Waals surface area contributed by atoms with Gasteiger partial charge in [0.25, 0.3) is 11.8 Å². The van der Waals surface area contributed by atoms with E-state index in [1.165, 1.54) is 6.08 Å². The van der Waals surface area contributed by atoms with E-state index in [1.54, 1.807) is 37.5 Å². The molecule has 0 radical (unpaired) electrons. The number of aromatic nitrogens is 2. The number of carbonyl (C=O) groups is 1. The van der Waals surface area contributed by atoms with Crippen LogP contribution in [0.1, 0.15) is 5.56 Å². The third-order valence-electron chi connectivity index (χ3n) is 3.91. The number of halogens is 1. The normalized spacial score (nSPS) is 11.2. The van der Waals surface area contributed by atoms with Gasteiger partial charge in [0.2, 0.25) is 0 Å². The van der Waals surface area contributed by atoms with Gasteiger partial charge in [-0.25, -0.2) is 0 Å². The van der Waals surface area contributed by atoms with E-state index in [1.807, 2.05) is 24.3 Å². The van der Waals surface area contributed by atoms with Crippen molar-refractivity contribution in [2.24, 2.45) is 0 Å². The fourth-order valence-corrected chi connectivity index (χ4v) is 2.80. The van der Waals surface area contributed by atoms with Crippen molar-refractivity contribution in [3.05, 3.63) is 65.2 Å². The third-order valence-corrected chi connectivity index (χ3v) is 4.26. The van der Waals surface area contributed by atoms with Crippen LogP contribution < -0.4 is 10.1 Å². The number of hydrogen-bond acceptors (Lipinski definition) is 6. The number of carbonyl (C=O) groups excluding carboxylic acids is 1. The molecular weight excluding hydrogens is 382 g/mol. The SMILES string of the molecule is COc1cccc2cc(-c3nnc(NC(=O)C=Cc4ccccc4Cl)o3)oc12. The highest BCUT2D eigenvalue weighted by Gasteiger charge is 2.16. The molecule has 28 heavy (non-hydrogen) atoms. The maximum atomic E-state index is 12.1. The number of para-hydroxylation sites is 1. The van der Waals surface area contributed by atoms with E-state index in [2.05, 4.69) is 15.5 Å². The number of benzene rings is 2. The Bertz CT molecular complexity index is 1180. The van der Waals surface area contributed by atoms with E-state index in [9.17, 15) is 4.79 Å². The number of anilines is 1. The van der Waals surface area contributed by atoms with Crippen molar-refractivity contribution in [2.75, 3.05) is 12.4 Å². The van der Waals surface area contributed by atoms with E-state index in [0.717, 1.165) is 10.9 Å². The second-order valence-electron chi connectivity index (χ2n) is 5.75. The summed E-state index contributed by atoms with van der Waals surface area (Å²) in [7, 11) is 1.56. The highest BCUT2D eigenvalue weighted by atomic mass is 35.5. The lowest BCUT2D eigenvalue weighted by molar-refractivity contribution is -0.112. The molecule has 2 aromatic carbocycles. The highest BCUT2D eigenvalue weighted by molar-refractivity contribution is 6.32. The Hall–Kier alpha value is -3.58. The van der Waals surface area contributed by atoms with Crippen LogP contribution in [0, 0.1) is 0 Å². The Morgan fingerprint density at radius 1 is 1.14 bits per heavy atom. The Labute approximate surface area is 164 Å². The predicted molar refractivity (Wildman–Crippen MR) is 105 cm³/mol. The molecule has 0 aliphatic heterocycles. The molecule has 0 aliphatic rings. The number of fused-ring (bicyclic) bond motifs is 1. The number of hydrogen-bond donors (Lipinski definition) is 1. The summed E-state index contributed by atoms with van der Waals surface area (Å²) in [5.74, 6) is 0.686. The summed E-state index contributed by atoms with van der Waals surface area (Å²) in [6.07, 6.45) is 2.93. The van der Waals surface area contributed by atoms with Gasteiger partial charge in [0.05, 0.1) is 7.11 Å². The number of nitrogens with zero attached hydrogens (tertiary/aromatic N) is 2. The van der Waals surface area contributed by atoms with Crippen LogP contribution in [0.25, 0.3) is 28.7 Å². The molecule has 2 heterocycles. The number of nitrogens with one attached hydrogen (secondary N) is 1. The number of rotatable bonds is 5. The molecule has 4 aromatic rings. The van der Waals surface area contributed by atoms with Gasteiger partial charge in [0.1, 0.15) is 0 Å². The minimum Gasteiger partial charge on any atom is -0.493 e. The van der Waals surface area contributed by atoms with Gasteiger partial charge in [-0.2, -0.15) is 0 Å². The molecule has 140 valence electrons. The number of ether oxygens (including phenoxy) is 1. The molecule has 0 atom stereocenters. The van der Waals surface area contributed by atoms with Crippen molar-refractivity contribution < 1.29 is 18.4 Å². The van der Waals surface area contributed by atoms with Gasteiger partial charge in [0, 0.05) is 16.5 Å². The minimum absolute atomic E-state index is 0.0452. The van der Waals surface area contributed by atoms with Gasteiger partial charge in [-0.05, 0) is 29.8 Å². The zero-order valence-electron chi connectivity index (χ0n) is 14.7. The first kappa shape index (κ1) is 17.8. The lowest BCUT2D eigenvalue weighted by atomic mass is 10.2. The number of methoxy groups -OCH3 is 1. The molecule has 0 unspecified atom stereocenters. The Kier molecular flexibility index (Phi) is 4.82. The quantitative estimate of drug-likeness (QED) is 0.488. The molecule has 0 bridgehead atoms. The van der Waals surface area contributed by atoms with E-state index >= 15 is 0 Å². The number of furan rings is 1. The minimum atomic E-state index is -0.429. The first-order chi connectivity index (χ1) is 13.6. The smallest absolute Gasteiger partial charge is 0.322 e. The first-order valence-electron chi connectivity index (χ1n) is 8.28. The van der Waals surface area contributed by atoms with Crippen LogP contribution in [0.3, 0.4) is 0 Å². The van der Waals surface area contributed by atoms with Crippen LogP contribution in [0.2, 0.25) is 5.02 Å². The van der Waals surface area contributed by atoms with Gasteiger partial charge in [0.15, 0.2) is 17.1 Å². The van der Waals surface area contributed by atoms with Crippen molar-refractivity contribution in [1.82, 2.24) is 10.2 Å².